The molecule has 162 valence electrons. The van der Waals surface area contributed by atoms with Crippen LogP contribution in [0.1, 0.15) is 24.0 Å². The zero-order valence-corrected chi connectivity index (χ0v) is 17.4. The van der Waals surface area contributed by atoms with Crippen molar-refractivity contribution < 1.29 is 18.7 Å². The molecule has 1 aliphatic rings. The van der Waals surface area contributed by atoms with Crippen molar-refractivity contribution in [2.24, 2.45) is 0 Å². The normalized spacial score (nSPS) is 12.3. The number of pyridine rings is 1. The first-order valence-corrected chi connectivity index (χ1v) is 10.5. The molecular weight excluding hydrogens is 409 g/mol. The van der Waals surface area contributed by atoms with Gasteiger partial charge in [0, 0.05) is 30.1 Å². The highest BCUT2D eigenvalue weighted by Crippen LogP contribution is 2.33. The van der Waals surface area contributed by atoms with Crippen molar-refractivity contribution in [2.75, 3.05) is 6.79 Å². The smallest absolute Gasteiger partial charge is 0.231 e. The molecule has 3 heterocycles. The number of carbonyl (C=O) groups is 1. The molecular formula is C25H22FN3O3. The lowest BCUT2D eigenvalue weighted by atomic mass is 10.0. The van der Waals surface area contributed by atoms with Crippen molar-refractivity contribution in [2.45, 2.75) is 25.8 Å². The van der Waals surface area contributed by atoms with Crippen molar-refractivity contribution in [3.8, 4) is 22.9 Å². The maximum absolute atomic E-state index is 13.9. The summed E-state index contributed by atoms with van der Waals surface area (Å²) in [4.78, 5) is 20.2. The first kappa shape index (κ1) is 20.1. The summed E-state index contributed by atoms with van der Waals surface area (Å²) in [5, 5.41) is 3.77. The van der Waals surface area contributed by atoms with Gasteiger partial charge in [0.2, 0.25) is 12.7 Å². The molecule has 32 heavy (non-hydrogen) atoms. The van der Waals surface area contributed by atoms with Crippen LogP contribution in [0.2, 0.25) is 0 Å². The second kappa shape index (κ2) is 8.70. The third-order valence-electron chi connectivity index (χ3n) is 5.55. The average molecular weight is 431 g/mol. The molecule has 1 amide bonds. The van der Waals surface area contributed by atoms with E-state index in [9.17, 15) is 9.18 Å². The lowest BCUT2D eigenvalue weighted by Gasteiger charge is -2.07. The molecule has 1 aliphatic heterocycles. The van der Waals surface area contributed by atoms with E-state index in [0.29, 0.717) is 31.6 Å². The number of nitrogens with one attached hydrogen (secondary N) is 2. The van der Waals surface area contributed by atoms with E-state index in [4.69, 9.17) is 9.47 Å². The van der Waals surface area contributed by atoms with E-state index in [1.807, 2.05) is 36.4 Å². The Bertz CT molecular complexity index is 1270. The number of aromatic nitrogens is 2. The topological polar surface area (TPSA) is 76.2 Å². The van der Waals surface area contributed by atoms with Crippen LogP contribution in [0.15, 0.2) is 60.8 Å². The number of aromatic amines is 1. The predicted octanol–water partition coefficient (Wildman–Crippen LogP) is 4.74. The number of amides is 1. The Hall–Kier alpha value is -3.87. The van der Waals surface area contributed by atoms with Crippen LogP contribution >= 0.6 is 0 Å². The molecule has 0 radical (unpaired) electrons. The van der Waals surface area contributed by atoms with Gasteiger partial charge in [-0.3, -0.25) is 9.78 Å². The SMILES string of the molecule is O=C(CCCc1c(-c2ccccn2)[nH]c2ccc(F)cc12)NCc1ccc2c(c1)OCO2. The van der Waals surface area contributed by atoms with E-state index in [2.05, 4.69) is 15.3 Å². The summed E-state index contributed by atoms with van der Waals surface area (Å²) >= 11 is 0. The van der Waals surface area contributed by atoms with Crippen molar-refractivity contribution in [1.82, 2.24) is 15.3 Å². The highest BCUT2D eigenvalue weighted by atomic mass is 19.1. The number of fused-ring (bicyclic) bond motifs is 2. The molecule has 0 saturated heterocycles. The van der Waals surface area contributed by atoms with Crippen LogP contribution in [0, 0.1) is 5.82 Å². The minimum Gasteiger partial charge on any atom is -0.454 e. The van der Waals surface area contributed by atoms with Gasteiger partial charge in [-0.1, -0.05) is 12.1 Å². The zero-order valence-electron chi connectivity index (χ0n) is 17.4. The van der Waals surface area contributed by atoms with Crippen LogP contribution in [0.5, 0.6) is 11.5 Å². The van der Waals surface area contributed by atoms with Crippen molar-refractivity contribution in [1.29, 1.82) is 0 Å². The molecule has 2 N–H and O–H groups in total. The van der Waals surface area contributed by atoms with Gasteiger partial charge in [-0.25, -0.2) is 4.39 Å². The van der Waals surface area contributed by atoms with Crippen LogP contribution in [0.4, 0.5) is 4.39 Å². The fourth-order valence-corrected chi connectivity index (χ4v) is 3.97. The molecule has 6 nitrogen and oxygen atoms in total. The van der Waals surface area contributed by atoms with E-state index in [1.165, 1.54) is 12.1 Å². The van der Waals surface area contributed by atoms with E-state index in [1.54, 1.807) is 12.3 Å². The molecule has 2 aromatic heterocycles. The third kappa shape index (κ3) is 4.14. The van der Waals surface area contributed by atoms with Gasteiger partial charge < -0.3 is 19.8 Å². The molecule has 0 atom stereocenters. The Kier molecular flexibility index (Phi) is 5.46. The molecule has 0 spiro atoms. The standard InChI is InChI=1S/C25H22FN3O3/c26-17-8-9-20-19(13-17)18(25(29-20)21-5-1-2-11-27-21)4-3-6-24(30)28-14-16-7-10-22-23(12-16)32-15-31-22/h1-2,5,7-13,29H,3-4,6,14-15H2,(H,28,30). The molecule has 4 aromatic rings. The summed E-state index contributed by atoms with van der Waals surface area (Å²) in [7, 11) is 0. The predicted molar refractivity (Wildman–Crippen MR) is 119 cm³/mol. The summed E-state index contributed by atoms with van der Waals surface area (Å²) in [6.07, 6.45) is 3.37. The first-order chi connectivity index (χ1) is 15.7. The second-order valence-electron chi connectivity index (χ2n) is 7.70. The Morgan fingerprint density at radius 2 is 2.00 bits per heavy atom. The van der Waals surface area contributed by atoms with Crippen LogP contribution in [-0.2, 0) is 17.8 Å². The summed E-state index contributed by atoms with van der Waals surface area (Å²) in [6.45, 7) is 0.649. The summed E-state index contributed by atoms with van der Waals surface area (Å²) in [6, 6.07) is 16.0. The first-order valence-electron chi connectivity index (χ1n) is 10.5. The third-order valence-corrected chi connectivity index (χ3v) is 5.55. The lowest BCUT2D eigenvalue weighted by Crippen LogP contribution is -2.22. The molecule has 0 saturated carbocycles. The van der Waals surface area contributed by atoms with Gasteiger partial charge in [-0.05, 0) is 66.4 Å². The van der Waals surface area contributed by atoms with Gasteiger partial charge in [0.25, 0.3) is 0 Å². The van der Waals surface area contributed by atoms with E-state index in [-0.39, 0.29) is 18.5 Å². The highest BCUT2D eigenvalue weighted by Gasteiger charge is 2.16. The lowest BCUT2D eigenvalue weighted by molar-refractivity contribution is -0.121. The second-order valence-corrected chi connectivity index (χ2v) is 7.70. The molecule has 0 fully saturated rings. The van der Waals surface area contributed by atoms with E-state index < -0.39 is 0 Å². The fraction of sp³-hybridized carbons (Fsp3) is 0.200. The molecule has 0 unspecified atom stereocenters. The van der Waals surface area contributed by atoms with Gasteiger partial charge in [0.15, 0.2) is 11.5 Å². The highest BCUT2D eigenvalue weighted by molar-refractivity contribution is 5.90. The number of hydrogen-bond donors (Lipinski definition) is 2. The molecule has 7 heteroatoms. The van der Waals surface area contributed by atoms with Crippen molar-refractivity contribution in [3.05, 3.63) is 77.7 Å². The Morgan fingerprint density at radius 3 is 2.88 bits per heavy atom. The molecule has 0 aliphatic carbocycles. The number of aryl methyl sites for hydroxylation is 1. The van der Waals surface area contributed by atoms with Crippen LogP contribution < -0.4 is 14.8 Å². The monoisotopic (exact) mass is 431 g/mol. The zero-order chi connectivity index (χ0) is 21.9. The summed E-state index contributed by atoms with van der Waals surface area (Å²) in [5.74, 6) is 1.10. The van der Waals surface area contributed by atoms with E-state index in [0.717, 1.165) is 39.2 Å². The van der Waals surface area contributed by atoms with Gasteiger partial charge in [0.05, 0.1) is 11.4 Å². The molecule has 0 bridgehead atoms. The Labute approximate surface area is 184 Å². The minimum absolute atomic E-state index is 0.0342. The Balaban J connectivity index is 1.25. The van der Waals surface area contributed by atoms with Crippen LogP contribution in [0.3, 0.4) is 0 Å². The average Bonchev–Trinajstić information content (AvgIpc) is 3.42. The van der Waals surface area contributed by atoms with Gasteiger partial charge in [-0.15, -0.1) is 0 Å². The number of ether oxygens (including phenoxy) is 2. The maximum atomic E-state index is 13.9. The van der Waals surface area contributed by atoms with Gasteiger partial charge in [-0.2, -0.15) is 0 Å². The fourth-order valence-electron chi connectivity index (χ4n) is 3.97. The molecule has 2 aromatic carbocycles. The number of rotatable bonds is 7. The van der Waals surface area contributed by atoms with Gasteiger partial charge in [0.1, 0.15) is 5.82 Å². The van der Waals surface area contributed by atoms with Crippen LogP contribution in [0.25, 0.3) is 22.3 Å². The Morgan fingerprint density at radius 1 is 1.09 bits per heavy atom. The number of carbonyl (C=O) groups excluding carboxylic acids is 1. The largest absolute Gasteiger partial charge is 0.454 e. The summed E-state index contributed by atoms with van der Waals surface area (Å²) < 4.78 is 24.6. The van der Waals surface area contributed by atoms with E-state index >= 15 is 0 Å². The maximum Gasteiger partial charge on any atom is 0.231 e. The summed E-state index contributed by atoms with van der Waals surface area (Å²) in [5.41, 5.74) is 4.45. The number of benzene rings is 2. The van der Waals surface area contributed by atoms with Crippen LogP contribution in [-0.4, -0.2) is 22.7 Å². The quantitative estimate of drug-likeness (QED) is 0.443. The van der Waals surface area contributed by atoms with Crippen molar-refractivity contribution in [3.63, 3.8) is 0 Å². The number of hydrogen-bond acceptors (Lipinski definition) is 4. The number of halogens is 1. The molecule has 5 rings (SSSR count). The number of nitrogens with zero attached hydrogens (tertiary/aromatic N) is 1. The minimum atomic E-state index is -0.285. The number of H-pyrrole nitrogens is 1. The van der Waals surface area contributed by atoms with Gasteiger partial charge >= 0.3 is 0 Å². The van der Waals surface area contributed by atoms with Crippen molar-refractivity contribution >= 4 is 16.8 Å².